The summed E-state index contributed by atoms with van der Waals surface area (Å²) in [5.74, 6) is 5.62. The molecule has 0 heterocycles. The summed E-state index contributed by atoms with van der Waals surface area (Å²) in [5, 5.41) is 2.77. The summed E-state index contributed by atoms with van der Waals surface area (Å²) in [6.07, 6.45) is 0. The van der Waals surface area contributed by atoms with Gasteiger partial charge in [-0.05, 0) is 24.6 Å². The zero-order chi connectivity index (χ0) is 13.4. The highest BCUT2D eigenvalue weighted by atomic mass is 16.5. The molecule has 3 N–H and O–H groups in total. The van der Waals surface area contributed by atoms with Gasteiger partial charge in [-0.15, -0.1) is 0 Å². The lowest BCUT2D eigenvalue weighted by atomic mass is 10.0. The summed E-state index contributed by atoms with van der Waals surface area (Å²) in [5.41, 5.74) is 7.80. The Bertz CT molecular complexity index is 472. The molecule has 0 aliphatic carbocycles. The van der Waals surface area contributed by atoms with Crippen molar-refractivity contribution in [3.05, 3.63) is 34.9 Å². The molecule has 1 amide bonds. The monoisotopic (exact) mass is 246 g/mol. The maximum absolute atomic E-state index is 11.8. The summed E-state index contributed by atoms with van der Waals surface area (Å²) in [4.78, 5) is 11.8. The van der Waals surface area contributed by atoms with Crippen LogP contribution in [0.1, 0.15) is 21.5 Å². The molecule has 1 aromatic carbocycles. The van der Waals surface area contributed by atoms with Crippen LogP contribution in [0.25, 0.3) is 0 Å². The first-order valence-corrected chi connectivity index (χ1v) is 5.75. The van der Waals surface area contributed by atoms with Crippen LogP contribution in [0.15, 0.2) is 18.2 Å². The SMILES string of the molecule is COCCNC(=O)c1ccc(C)c(C#CCN)c1. The standard InChI is InChI=1S/C14H18N2O2/c1-11-5-6-13(10-12(11)4-3-7-15)14(17)16-8-9-18-2/h5-6,10H,7-9,15H2,1-2H3,(H,16,17). The molecule has 0 atom stereocenters. The number of methoxy groups -OCH3 is 1. The molecule has 0 radical (unpaired) electrons. The van der Waals surface area contributed by atoms with Gasteiger partial charge in [-0.2, -0.15) is 0 Å². The van der Waals surface area contributed by atoms with Gasteiger partial charge in [-0.1, -0.05) is 17.9 Å². The van der Waals surface area contributed by atoms with Gasteiger partial charge in [0.2, 0.25) is 0 Å². The van der Waals surface area contributed by atoms with Crippen LogP contribution < -0.4 is 11.1 Å². The number of hydrogen-bond acceptors (Lipinski definition) is 3. The molecule has 0 aliphatic rings. The summed E-state index contributed by atoms with van der Waals surface area (Å²) >= 11 is 0. The maximum atomic E-state index is 11.8. The Morgan fingerprint density at radius 3 is 2.94 bits per heavy atom. The second-order valence-corrected chi connectivity index (χ2v) is 3.78. The smallest absolute Gasteiger partial charge is 0.251 e. The van der Waals surface area contributed by atoms with Crippen LogP contribution >= 0.6 is 0 Å². The number of ether oxygens (including phenoxy) is 1. The highest BCUT2D eigenvalue weighted by Crippen LogP contribution is 2.10. The number of carbonyl (C=O) groups excluding carboxylic acids is 1. The van der Waals surface area contributed by atoms with E-state index in [1.54, 1.807) is 19.2 Å². The predicted octanol–water partition coefficient (Wildman–Crippen LogP) is 0.681. The number of carbonyl (C=O) groups is 1. The molecule has 0 spiro atoms. The zero-order valence-electron chi connectivity index (χ0n) is 10.7. The Hall–Kier alpha value is -1.83. The fraction of sp³-hybridized carbons (Fsp3) is 0.357. The zero-order valence-corrected chi connectivity index (χ0v) is 10.7. The average molecular weight is 246 g/mol. The molecule has 0 aromatic heterocycles. The normalized spacial score (nSPS) is 9.50. The van der Waals surface area contributed by atoms with E-state index in [1.807, 2.05) is 13.0 Å². The molecule has 96 valence electrons. The van der Waals surface area contributed by atoms with Gasteiger partial charge < -0.3 is 15.8 Å². The average Bonchev–Trinajstić information content (AvgIpc) is 2.38. The second-order valence-electron chi connectivity index (χ2n) is 3.78. The van der Waals surface area contributed by atoms with Crippen LogP contribution in [-0.2, 0) is 4.74 Å². The van der Waals surface area contributed by atoms with Crippen molar-refractivity contribution in [1.29, 1.82) is 0 Å². The highest BCUT2D eigenvalue weighted by molar-refractivity contribution is 5.94. The number of benzene rings is 1. The van der Waals surface area contributed by atoms with Gasteiger partial charge in [0.15, 0.2) is 0 Å². The van der Waals surface area contributed by atoms with Gasteiger partial charge in [-0.3, -0.25) is 4.79 Å². The number of amides is 1. The van der Waals surface area contributed by atoms with Gasteiger partial charge in [0.1, 0.15) is 0 Å². The number of hydrogen-bond donors (Lipinski definition) is 2. The molecule has 1 rings (SSSR count). The molecule has 0 unspecified atom stereocenters. The van der Waals surface area contributed by atoms with Gasteiger partial charge in [0, 0.05) is 24.8 Å². The van der Waals surface area contributed by atoms with Crippen LogP contribution in [0, 0.1) is 18.8 Å². The van der Waals surface area contributed by atoms with Crippen LogP contribution in [0.3, 0.4) is 0 Å². The number of nitrogens with two attached hydrogens (primary N) is 1. The minimum atomic E-state index is -0.122. The van der Waals surface area contributed by atoms with Gasteiger partial charge in [0.25, 0.3) is 5.91 Å². The van der Waals surface area contributed by atoms with E-state index in [1.165, 1.54) is 0 Å². The molecule has 18 heavy (non-hydrogen) atoms. The predicted molar refractivity (Wildman–Crippen MR) is 71.3 cm³/mol. The van der Waals surface area contributed by atoms with Crippen molar-refractivity contribution in [2.45, 2.75) is 6.92 Å². The Labute approximate surface area is 108 Å². The molecule has 0 fully saturated rings. The van der Waals surface area contributed by atoms with Crippen molar-refractivity contribution >= 4 is 5.91 Å². The molecular weight excluding hydrogens is 228 g/mol. The summed E-state index contributed by atoms with van der Waals surface area (Å²) in [6.45, 7) is 3.25. The van der Waals surface area contributed by atoms with E-state index in [9.17, 15) is 4.79 Å². The summed E-state index contributed by atoms with van der Waals surface area (Å²) in [7, 11) is 1.60. The second kappa shape index (κ2) is 7.49. The van der Waals surface area contributed by atoms with Crippen molar-refractivity contribution in [3.8, 4) is 11.8 Å². The third-order valence-electron chi connectivity index (χ3n) is 2.42. The lowest BCUT2D eigenvalue weighted by molar-refractivity contribution is 0.0937. The molecule has 0 aliphatic heterocycles. The molecule has 1 aromatic rings. The third kappa shape index (κ3) is 4.21. The number of rotatable bonds is 4. The summed E-state index contributed by atoms with van der Waals surface area (Å²) in [6, 6.07) is 5.44. The molecular formula is C14H18N2O2. The number of nitrogens with one attached hydrogen (secondary N) is 1. The molecule has 0 saturated carbocycles. The molecule has 0 saturated heterocycles. The van der Waals surface area contributed by atoms with E-state index in [4.69, 9.17) is 10.5 Å². The first-order chi connectivity index (χ1) is 8.69. The van der Waals surface area contributed by atoms with Gasteiger partial charge >= 0.3 is 0 Å². The molecule has 4 nitrogen and oxygen atoms in total. The Kier molecular flexibility index (Phi) is 5.92. The van der Waals surface area contributed by atoms with E-state index in [-0.39, 0.29) is 5.91 Å². The summed E-state index contributed by atoms with van der Waals surface area (Å²) < 4.78 is 4.87. The Balaban J connectivity index is 2.80. The quantitative estimate of drug-likeness (QED) is 0.606. The van der Waals surface area contributed by atoms with E-state index in [0.717, 1.165) is 11.1 Å². The Morgan fingerprint density at radius 1 is 1.50 bits per heavy atom. The van der Waals surface area contributed by atoms with Gasteiger partial charge in [0.05, 0.1) is 13.2 Å². The van der Waals surface area contributed by atoms with Crippen LogP contribution in [0.2, 0.25) is 0 Å². The van der Waals surface area contributed by atoms with E-state index in [0.29, 0.717) is 25.3 Å². The molecule has 4 heteroatoms. The van der Waals surface area contributed by atoms with Crippen LogP contribution in [0.4, 0.5) is 0 Å². The van der Waals surface area contributed by atoms with Crippen molar-refractivity contribution in [2.75, 3.05) is 26.8 Å². The fourth-order valence-corrected chi connectivity index (χ4v) is 1.41. The minimum absolute atomic E-state index is 0.122. The van der Waals surface area contributed by atoms with Crippen molar-refractivity contribution < 1.29 is 9.53 Å². The van der Waals surface area contributed by atoms with Crippen molar-refractivity contribution in [3.63, 3.8) is 0 Å². The van der Waals surface area contributed by atoms with E-state index >= 15 is 0 Å². The van der Waals surface area contributed by atoms with Crippen molar-refractivity contribution in [2.24, 2.45) is 5.73 Å². The topological polar surface area (TPSA) is 64.3 Å². The van der Waals surface area contributed by atoms with Crippen LogP contribution in [-0.4, -0.2) is 32.7 Å². The minimum Gasteiger partial charge on any atom is -0.383 e. The lowest BCUT2D eigenvalue weighted by Gasteiger charge is -2.06. The first-order valence-electron chi connectivity index (χ1n) is 5.75. The number of aryl methyl sites for hydroxylation is 1. The highest BCUT2D eigenvalue weighted by Gasteiger charge is 2.06. The van der Waals surface area contributed by atoms with E-state index < -0.39 is 0 Å². The fourth-order valence-electron chi connectivity index (χ4n) is 1.41. The van der Waals surface area contributed by atoms with Crippen molar-refractivity contribution in [1.82, 2.24) is 5.32 Å². The maximum Gasteiger partial charge on any atom is 0.251 e. The lowest BCUT2D eigenvalue weighted by Crippen LogP contribution is -2.26. The largest absolute Gasteiger partial charge is 0.383 e. The Morgan fingerprint density at radius 2 is 2.28 bits per heavy atom. The van der Waals surface area contributed by atoms with E-state index in [2.05, 4.69) is 17.2 Å². The first kappa shape index (κ1) is 14.2. The van der Waals surface area contributed by atoms with Crippen LogP contribution in [0.5, 0.6) is 0 Å². The molecule has 0 bridgehead atoms. The van der Waals surface area contributed by atoms with Gasteiger partial charge in [-0.25, -0.2) is 0 Å². The third-order valence-corrected chi connectivity index (χ3v) is 2.42.